The number of benzene rings is 2. The maximum atomic E-state index is 12.4. The van der Waals surface area contributed by atoms with E-state index in [9.17, 15) is 8.42 Å². The maximum Gasteiger partial charge on any atom is 0.328 e. The lowest BCUT2D eigenvalue weighted by atomic mass is 10.2. The van der Waals surface area contributed by atoms with Crippen LogP contribution >= 0.6 is 0 Å². The van der Waals surface area contributed by atoms with Gasteiger partial charge < -0.3 is 0 Å². The number of hydrogen-bond acceptors (Lipinski definition) is 2. The number of sulfonamides is 1. The molecular formula is C16H19N2O2S+. The monoisotopic (exact) mass is 303 g/mol. The summed E-state index contributed by atoms with van der Waals surface area (Å²) in [6, 6.07) is 17.8. The molecule has 0 atom stereocenters. The Balaban J connectivity index is 2.37. The highest BCUT2D eigenvalue weighted by molar-refractivity contribution is 7.90. The average molecular weight is 303 g/mol. The van der Waals surface area contributed by atoms with Crippen molar-refractivity contribution in [2.45, 2.75) is 24.8 Å². The molecule has 0 aliphatic heterocycles. The van der Waals surface area contributed by atoms with Crippen LogP contribution in [0, 0.1) is 0 Å². The molecule has 2 aromatic carbocycles. The highest BCUT2D eigenvalue weighted by Gasteiger charge is 2.23. The minimum atomic E-state index is -3.60. The molecule has 5 heteroatoms. The first-order valence-electron chi connectivity index (χ1n) is 6.76. The topological polar surface area (TPSA) is 60.1 Å². The highest BCUT2D eigenvalue weighted by atomic mass is 32.2. The van der Waals surface area contributed by atoms with Gasteiger partial charge in [0.05, 0.1) is 11.6 Å². The maximum absolute atomic E-state index is 12.4. The first-order chi connectivity index (χ1) is 9.99. The van der Waals surface area contributed by atoms with Gasteiger partial charge in [-0.25, -0.2) is 0 Å². The van der Waals surface area contributed by atoms with E-state index in [1.165, 1.54) is 0 Å². The van der Waals surface area contributed by atoms with E-state index < -0.39 is 10.0 Å². The summed E-state index contributed by atoms with van der Waals surface area (Å²) >= 11 is 0. The van der Waals surface area contributed by atoms with Crippen LogP contribution in [0.25, 0.3) is 0 Å². The summed E-state index contributed by atoms with van der Waals surface area (Å²) in [6.07, 6.45) is 0. The number of hydrogen-bond donors (Lipinski definition) is 2. The summed E-state index contributed by atoms with van der Waals surface area (Å²) in [4.78, 5) is 3.39. The quantitative estimate of drug-likeness (QED) is 0.651. The molecule has 2 rings (SSSR count). The van der Waals surface area contributed by atoms with E-state index in [1.54, 1.807) is 30.3 Å². The number of nitrogens with one attached hydrogen (secondary N) is 2. The summed E-state index contributed by atoms with van der Waals surface area (Å²) in [5, 5.41) is 0. The van der Waals surface area contributed by atoms with Gasteiger partial charge in [-0.1, -0.05) is 36.4 Å². The van der Waals surface area contributed by atoms with Crippen LogP contribution in [-0.4, -0.2) is 20.3 Å². The van der Waals surface area contributed by atoms with E-state index in [2.05, 4.69) is 9.71 Å². The van der Waals surface area contributed by atoms with Gasteiger partial charge in [-0.15, -0.1) is 0 Å². The summed E-state index contributed by atoms with van der Waals surface area (Å²) in [5.74, 6) is 0.481. The number of amidine groups is 1. The Kier molecular flexibility index (Phi) is 4.75. The molecule has 0 saturated carbocycles. The summed E-state index contributed by atoms with van der Waals surface area (Å²) in [7, 11) is -3.60. The fraction of sp³-hybridized carbons (Fsp3) is 0.188. The zero-order valence-electron chi connectivity index (χ0n) is 12.1. The van der Waals surface area contributed by atoms with Crippen LogP contribution in [0.15, 0.2) is 65.6 Å². The van der Waals surface area contributed by atoms with Crippen LogP contribution in [0.4, 0.5) is 0 Å². The predicted octanol–water partition coefficient (Wildman–Crippen LogP) is 0.901. The third-order valence-electron chi connectivity index (χ3n) is 2.79. The van der Waals surface area contributed by atoms with Gasteiger partial charge in [0.15, 0.2) is 0 Å². The van der Waals surface area contributed by atoms with Crippen molar-refractivity contribution in [3.8, 4) is 0 Å². The van der Waals surface area contributed by atoms with Gasteiger partial charge in [0.2, 0.25) is 0 Å². The van der Waals surface area contributed by atoms with Crippen molar-refractivity contribution >= 4 is 15.9 Å². The molecule has 0 radical (unpaired) electrons. The van der Waals surface area contributed by atoms with E-state index in [4.69, 9.17) is 0 Å². The molecule has 21 heavy (non-hydrogen) atoms. The van der Waals surface area contributed by atoms with Gasteiger partial charge >= 0.3 is 10.0 Å². The normalized spacial score (nSPS) is 12.4. The summed E-state index contributed by atoms with van der Waals surface area (Å²) < 4.78 is 27.5. The minimum absolute atomic E-state index is 0.110. The molecular weight excluding hydrogens is 284 g/mol. The van der Waals surface area contributed by atoms with E-state index >= 15 is 0 Å². The molecule has 0 saturated heterocycles. The predicted molar refractivity (Wildman–Crippen MR) is 83.4 cm³/mol. The SMILES string of the molecule is CC(C)[NH+]=C(NS(=O)(=O)c1ccccc1)c1ccccc1. The van der Waals surface area contributed by atoms with Crippen molar-refractivity contribution in [3.63, 3.8) is 0 Å². The van der Waals surface area contributed by atoms with Gasteiger partial charge in [0.25, 0.3) is 5.84 Å². The van der Waals surface area contributed by atoms with Gasteiger partial charge in [0, 0.05) is 0 Å². The van der Waals surface area contributed by atoms with Crippen LogP contribution in [0.5, 0.6) is 0 Å². The van der Waals surface area contributed by atoms with Crippen LogP contribution in [-0.2, 0) is 10.0 Å². The molecule has 0 heterocycles. The molecule has 0 spiro atoms. The zero-order chi connectivity index (χ0) is 15.3. The summed E-state index contributed by atoms with van der Waals surface area (Å²) in [6.45, 7) is 3.92. The largest absolute Gasteiger partial charge is 0.328 e. The highest BCUT2D eigenvalue weighted by Crippen LogP contribution is 2.08. The molecule has 0 unspecified atom stereocenters. The smallest absolute Gasteiger partial charge is 0.271 e. The van der Waals surface area contributed by atoms with Crippen molar-refractivity contribution in [2.75, 3.05) is 0 Å². The fourth-order valence-corrected chi connectivity index (χ4v) is 2.94. The third kappa shape index (κ3) is 4.16. The van der Waals surface area contributed by atoms with Gasteiger partial charge in [-0.05, 0) is 38.1 Å². The Morgan fingerprint density at radius 3 is 2.00 bits per heavy atom. The Morgan fingerprint density at radius 2 is 1.48 bits per heavy atom. The molecule has 0 amide bonds. The lowest BCUT2D eigenvalue weighted by Crippen LogP contribution is -2.80. The van der Waals surface area contributed by atoms with Gasteiger partial charge in [-0.2, -0.15) is 13.1 Å². The van der Waals surface area contributed by atoms with Gasteiger partial charge in [0.1, 0.15) is 4.90 Å². The van der Waals surface area contributed by atoms with Crippen molar-refractivity contribution < 1.29 is 13.4 Å². The Morgan fingerprint density at radius 1 is 0.952 bits per heavy atom. The number of rotatable bonds is 4. The third-order valence-corrected chi connectivity index (χ3v) is 4.15. The first-order valence-corrected chi connectivity index (χ1v) is 8.24. The molecule has 4 nitrogen and oxygen atoms in total. The zero-order valence-corrected chi connectivity index (χ0v) is 12.9. The average Bonchev–Trinajstić information content (AvgIpc) is 2.48. The lowest BCUT2D eigenvalue weighted by molar-refractivity contribution is -0.494. The standard InChI is InChI=1S/C16H18N2O2S/c1-13(2)17-16(14-9-5-3-6-10-14)18-21(19,20)15-11-7-4-8-12-15/h3-13H,1-2H3,(H,17,18)/p+1. The van der Waals surface area contributed by atoms with Crippen molar-refractivity contribution in [1.29, 1.82) is 0 Å². The fourth-order valence-electron chi connectivity index (χ4n) is 1.86. The molecule has 0 aliphatic carbocycles. The van der Waals surface area contributed by atoms with E-state index in [0.29, 0.717) is 5.84 Å². The van der Waals surface area contributed by atoms with Crippen molar-refractivity contribution in [3.05, 3.63) is 66.2 Å². The van der Waals surface area contributed by atoms with Crippen LogP contribution < -0.4 is 9.71 Å². The minimum Gasteiger partial charge on any atom is -0.271 e. The second-order valence-electron chi connectivity index (χ2n) is 4.96. The second-order valence-corrected chi connectivity index (χ2v) is 6.64. The lowest BCUT2D eigenvalue weighted by Gasteiger charge is -2.06. The van der Waals surface area contributed by atoms with E-state index in [1.807, 2.05) is 44.2 Å². The van der Waals surface area contributed by atoms with Gasteiger partial charge in [-0.3, -0.25) is 4.99 Å². The van der Waals surface area contributed by atoms with Crippen LogP contribution in [0.2, 0.25) is 0 Å². The molecule has 0 bridgehead atoms. The molecule has 0 fully saturated rings. The van der Waals surface area contributed by atoms with E-state index in [-0.39, 0.29) is 10.9 Å². The molecule has 0 aromatic heterocycles. The Labute approximate surface area is 125 Å². The van der Waals surface area contributed by atoms with Crippen molar-refractivity contribution in [2.24, 2.45) is 0 Å². The summed E-state index contributed by atoms with van der Waals surface area (Å²) in [5.41, 5.74) is 0.797. The second kappa shape index (κ2) is 6.54. The molecule has 2 aromatic rings. The van der Waals surface area contributed by atoms with Crippen molar-refractivity contribution in [1.82, 2.24) is 4.72 Å². The molecule has 110 valence electrons. The first kappa shape index (κ1) is 15.3. The molecule has 2 N–H and O–H groups in total. The Bertz CT molecular complexity index is 708. The van der Waals surface area contributed by atoms with E-state index in [0.717, 1.165) is 5.56 Å². The van der Waals surface area contributed by atoms with Crippen LogP contribution in [0.3, 0.4) is 0 Å². The molecule has 0 aliphatic rings. The Hall–Kier alpha value is -2.14. The van der Waals surface area contributed by atoms with Crippen LogP contribution in [0.1, 0.15) is 19.4 Å².